The van der Waals surface area contributed by atoms with Crippen molar-refractivity contribution < 1.29 is 37.6 Å². The molecular weight excluding hydrogens is 966 g/mol. The minimum Gasteiger partial charge on any atom is -0.462 e. The van der Waals surface area contributed by atoms with Crippen LogP contribution in [0.25, 0.3) is 0 Å². The predicted octanol–water partition coefficient (Wildman–Crippen LogP) is 19.8. The zero-order valence-electron chi connectivity index (χ0n) is 48.7. The van der Waals surface area contributed by atoms with Crippen molar-refractivity contribution >= 4 is 19.8 Å². The molecule has 3 N–H and O–H groups in total. The lowest BCUT2D eigenvalue weighted by Crippen LogP contribution is -2.29. The number of rotatable bonds is 57. The highest BCUT2D eigenvalue weighted by Crippen LogP contribution is 2.43. The molecular formula is C66H114NO8P. The number of esters is 2. The fourth-order valence-corrected chi connectivity index (χ4v) is 9.17. The van der Waals surface area contributed by atoms with Crippen LogP contribution in [0.4, 0.5) is 0 Å². The van der Waals surface area contributed by atoms with Crippen LogP contribution in [0.15, 0.2) is 109 Å². The minimum atomic E-state index is -4.41. The quantitative estimate of drug-likeness (QED) is 0.0264. The summed E-state index contributed by atoms with van der Waals surface area (Å²) < 4.78 is 33.0. The van der Waals surface area contributed by atoms with E-state index in [0.717, 1.165) is 77.0 Å². The highest BCUT2D eigenvalue weighted by molar-refractivity contribution is 7.47. The highest BCUT2D eigenvalue weighted by atomic mass is 31.2. The molecule has 0 aliphatic heterocycles. The molecule has 0 spiro atoms. The number of phosphoric ester groups is 1. The van der Waals surface area contributed by atoms with Crippen LogP contribution in [0.2, 0.25) is 0 Å². The Hall–Kier alpha value is -3.33. The Kier molecular flexibility index (Phi) is 58.2. The molecule has 10 heteroatoms. The number of carbonyl (C=O) groups is 2. The van der Waals surface area contributed by atoms with Gasteiger partial charge in [0.15, 0.2) is 6.10 Å². The minimum absolute atomic E-state index is 0.0397. The van der Waals surface area contributed by atoms with E-state index in [2.05, 4.69) is 117 Å². The zero-order valence-corrected chi connectivity index (χ0v) is 49.6. The molecule has 0 fully saturated rings. The van der Waals surface area contributed by atoms with Crippen molar-refractivity contribution in [1.82, 2.24) is 0 Å². The van der Waals surface area contributed by atoms with Gasteiger partial charge in [-0.05, 0) is 77.0 Å². The maximum absolute atomic E-state index is 12.7. The second kappa shape index (κ2) is 60.9. The molecule has 0 saturated carbocycles. The summed E-state index contributed by atoms with van der Waals surface area (Å²) in [4.78, 5) is 35.2. The molecule has 0 bridgehead atoms. The lowest BCUT2D eigenvalue weighted by molar-refractivity contribution is -0.161. The first-order valence-corrected chi connectivity index (χ1v) is 32.4. The van der Waals surface area contributed by atoms with E-state index in [1.807, 2.05) is 6.08 Å². The number of unbranched alkanes of at least 4 members (excludes halogenated alkanes) is 26. The van der Waals surface area contributed by atoms with E-state index in [-0.39, 0.29) is 32.6 Å². The number of allylic oxidation sites excluding steroid dienone is 18. The molecule has 0 rings (SSSR count). The van der Waals surface area contributed by atoms with Crippen LogP contribution in [0.3, 0.4) is 0 Å². The van der Waals surface area contributed by atoms with Gasteiger partial charge in [-0.15, -0.1) is 0 Å². The van der Waals surface area contributed by atoms with Gasteiger partial charge >= 0.3 is 19.8 Å². The topological polar surface area (TPSA) is 134 Å². The van der Waals surface area contributed by atoms with E-state index in [9.17, 15) is 19.0 Å². The zero-order chi connectivity index (χ0) is 55.2. The summed E-state index contributed by atoms with van der Waals surface area (Å²) in [6.07, 6.45) is 83.1. The summed E-state index contributed by atoms with van der Waals surface area (Å²) in [5, 5.41) is 0. The Morgan fingerprint density at radius 2 is 0.724 bits per heavy atom. The predicted molar refractivity (Wildman–Crippen MR) is 325 cm³/mol. The van der Waals surface area contributed by atoms with Crippen molar-refractivity contribution in [3.63, 3.8) is 0 Å². The second-order valence-corrected chi connectivity index (χ2v) is 21.7. The molecule has 2 atom stereocenters. The Morgan fingerprint density at radius 3 is 1.07 bits per heavy atom. The van der Waals surface area contributed by atoms with Crippen LogP contribution in [0.1, 0.15) is 264 Å². The first-order chi connectivity index (χ1) is 37.3. The van der Waals surface area contributed by atoms with Crippen molar-refractivity contribution in [2.24, 2.45) is 5.73 Å². The molecule has 0 aliphatic carbocycles. The molecule has 0 aromatic heterocycles. The molecule has 0 radical (unpaired) electrons. The van der Waals surface area contributed by atoms with Gasteiger partial charge in [0.25, 0.3) is 0 Å². The number of ether oxygens (including phenoxy) is 2. The Labute approximate surface area is 467 Å². The van der Waals surface area contributed by atoms with Gasteiger partial charge in [-0.3, -0.25) is 18.6 Å². The maximum Gasteiger partial charge on any atom is 0.472 e. The van der Waals surface area contributed by atoms with Gasteiger partial charge in [-0.1, -0.05) is 284 Å². The first-order valence-electron chi connectivity index (χ1n) is 30.9. The largest absolute Gasteiger partial charge is 0.472 e. The number of phosphoric acid groups is 1. The molecule has 0 saturated heterocycles. The van der Waals surface area contributed by atoms with Crippen LogP contribution in [0, 0.1) is 0 Å². The van der Waals surface area contributed by atoms with Crippen LogP contribution < -0.4 is 5.73 Å². The van der Waals surface area contributed by atoms with Gasteiger partial charge < -0.3 is 20.1 Å². The number of hydrogen-bond acceptors (Lipinski definition) is 8. The molecule has 0 aromatic rings. The first kappa shape index (κ1) is 72.7. The van der Waals surface area contributed by atoms with Gasteiger partial charge in [0.2, 0.25) is 0 Å². The monoisotopic (exact) mass is 1080 g/mol. The lowest BCUT2D eigenvalue weighted by atomic mass is 10.0. The Bertz CT molecular complexity index is 1610. The maximum atomic E-state index is 12.7. The molecule has 0 aliphatic rings. The molecule has 9 nitrogen and oxygen atoms in total. The molecule has 0 aromatic carbocycles. The van der Waals surface area contributed by atoms with Gasteiger partial charge in [0.05, 0.1) is 13.2 Å². The third-order valence-corrected chi connectivity index (χ3v) is 13.9. The summed E-state index contributed by atoms with van der Waals surface area (Å²) in [5.41, 5.74) is 5.38. The van der Waals surface area contributed by atoms with Crippen molar-refractivity contribution in [3.05, 3.63) is 109 Å². The average Bonchev–Trinajstić information content (AvgIpc) is 3.41. The van der Waals surface area contributed by atoms with Gasteiger partial charge in [0.1, 0.15) is 6.61 Å². The van der Waals surface area contributed by atoms with Crippen molar-refractivity contribution in [3.8, 4) is 0 Å². The van der Waals surface area contributed by atoms with Crippen LogP contribution in [0.5, 0.6) is 0 Å². The standard InChI is InChI=1S/C66H114NO8P/c1-3-5-7-9-11-13-15-17-19-21-23-25-27-29-31-32-33-35-37-39-41-43-45-47-49-51-53-55-57-59-66(69)75-64(63-74-76(70,71)73-61-60-67)62-72-65(68)58-56-54-52-50-48-46-44-42-40-38-36-34-30-28-26-24-22-20-18-16-14-12-10-8-6-4-2/h5,7,11,13,17,19,23,25,29,31,33,35,39,41,45,47,51,53,64H,3-4,6,8-10,12,14-16,18,20-22,24,26-28,30,32,34,36-38,40,42-44,46,48-50,52,54-63,67H2,1-2H3,(H,70,71)/b7-5-,13-11-,19-17-,25-23-,31-29-,35-33-,41-39-,47-45-,53-51-. The van der Waals surface area contributed by atoms with Crippen LogP contribution in [-0.2, 0) is 32.7 Å². The van der Waals surface area contributed by atoms with E-state index >= 15 is 0 Å². The molecule has 76 heavy (non-hydrogen) atoms. The van der Waals surface area contributed by atoms with Crippen molar-refractivity contribution in [1.29, 1.82) is 0 Å². The van der Waals surface area contributed by atoms with Crippen molar-refractivity contribution in [2.45, 2.75) is 270 Å². The fourth-order valence-electron chi connectivity index (χ4n) is 8.40. The highest BCUT2D eigenvalue weighted by Gasteiger charge is 2.26. The SMILES string of the molecule is CC/C=C\C/C=C\C/C=C\C/C=C\C/C=C\C/C=C\C/C=C\C/C=C\C/C=C\CCCC(=O)OC(COC(=O)CCCCCCCCCCCCCCCCCCCCCCCCCCCC)COP(=O)(O)OCCN. The van der Waals surface area contributed by atoms with E-state index < -0.39 is 32.5 Å². The van der Waals surface area contributed by atoms with E-state index in [0.29, 0.717) is 12.8 Å². The van der Waals surface area contributed by atoms with E-state index in [1.54, 1.807) is 0 Å². The molecule has 436 valence electrons. The third kappa shape index (κ3) is 59.9. The summed E-state index contributed by atoms with van der Waals surface area (Å²) in [5.74, 6) is -0.895. The lowest BCUT2D eigenvalue weighted by Gasteiger charge is -2.19. The Morgan fingerprint density at radius 1 is 0.408 bits per heavy atom. The summed E-state index contributed by atoms with van der Waals surface area (Å²) in [6.45, 7) is 3.58. The number of hydrogen-bond donors (Lipinski definition) is 2. The fraction of sp³-hybridized carbons (Fsp3) is 0.697. The van der Waals surface area contributed by atoms with Gasteiger partial charge in [-0.2, -0.15) is 0 Å². The van der Waals surface area contributed by atoms with Gasteiger partial charge in [-0.25, -0.2) is 4.57 Å². The summed E-state index contributed by atoms with van der Waals surface area (Å²) in [6, 6.07) is 0. The molecule has 0 amide bonds. The summed E-state index contributed by atoms with van der Waals surface area (Å²) >= 11 is 0. The number of nitrogens with two attached hydrogens (primary N) is 1. The van der Waals surface area contributed by atoms with Gasteiger partial charge in [0, 0.05) is 19.4 Å². The summed E-state index contributed by atoms with van der Waals surface area (Å²) in [7, 11) is -4.41. The molecule has 0 heterocycles. The Balaban J connectivity index is 4.07. The molecule has 2 unspecified atom stereocenters. The van der Waals surface area contributed by atoms with E-state index in [4.69, 9.17) is 24.3 Å². The van der Waals surface area contributed by atoms with Crippen LogP contribution in [-0.4, -0.2) is 49.3 Å². The second-order valence-electron chi connectivity index (χ2n) is 20.2. The average molecular weight is 1080 g/mol. The third-order valence-electron chi connectivity index (χ3n) is 12.9. The van der Waals surface area contributed by atoms with Crippen molar-refractivity contribution in [2.75, 3.05) is 26.4 Å². The normalized spacial score (nSPS) is 13.8. The number of carbonyl (C=O) groups excluding carboxylic acids is 2. The smallest absolute Gasteiger partial charge is 0.462 e. The van der Waals surface area contributed by atoms with E-state index in [1.165, 1.54) is 148 Å². The van der Waals surface area contributed by atoms with Crippen LogP contribution >= 0.6 is 7.82 Å².